The molecule has 1 rings (SSSR count). The van der Waals surface area contributed by atoms with E-state index in [1.165, 1.54) is 0 Å². The maximum absolute atomic E-state index is 12.0. The number of rotatable bonds is 5. The minimum absolute atomic E-state index is 0. The molecule has 0 aromatic heterocycles. The first-order valence-corrected chi connectivity index (χ1v) is 8.74. The molecule has 126 valence electrons. The van der Waals surface area contributed by atoms with Gasteiger partial charge in [-0.15, -0.1) is 24.0 Å². The highest BCUT2D eigenvalue weighted by atomic mass is 127. The molecule has 1 aliphatic heterocycles. The van der Waals surface area contributed by atoms with Crippen molar-refractivity contribution in [2.24, 2.45) is 4.99 Å². The molecule has 0 aliphatic carbocycles. The monoisotopic (exact) mass is 433 g/mol. The Bertz CT molecular complexity index is 438. The van der Waals surface area contributed by atoms with Crippen LogP contribution in [-0.4, -0.2) is 69.7 Å². The van der Waals surface area contributed by atoms with Gasteiger partial charge in [-0.1, -0.05) is 0 Å². The van der Waals surface area contributed by atoms with E-state index in [1.54, 1.807) is 21.0 Å². The molecule has 1 fully saturated rings. The zero-order valence-corrected chi connectivity index (χ0v) is 16.5. The van der Waals surface area contributed by atoms with Crippen molar-refractivity contribution < 1.29 is 13.2 Å². The summed E-state index contributed by atoms with van der Waals surface area (Å²) in [6, 6.07) is 0. The number of aliphatic imine (C=N–C) groups is 1. The van der Waals surface area contributed by atoms with Crippen molar-refractivity contribution in [3.05, 3.63) is 0 Å². The van der Waals surface area contributed by atoms with Gasteiger partial charge in [-0.2, -0.15) is 0 Å². The molecule has 1 heterocycles. The van der Waals surface area contributed by atoms with Gasteiger partial charge in [-0.3, -0.25) is 4.99 Å². The Kier molecular flexibility index (Phi) is 9.10. The van der Waals surface area contributed by atoms with E-state index in [-0.39, 0.29) is 29.7 Å². The van der Waals surface area contributed by atoms with Crippen LogP contribution in [0.4, 0.5) is 0 Å². The molecule has 8 heteroatoms. The largest absolute Gasteiger partial charge is 0.385 e. The second-order valence-electron chi connectivity index (χ2n) is 5.58. The number of hydrogen-bond donors (Lipinski definition) is 1. The molecule has 0 aromatic carbocycles. The van der Waals surface area contributed by atoms with Crippen LogP contribution in [0.5, 0.6) is 0 Å². The average molecular weight is 433 g/mol. The number of nitrogens with one attached hydrogen (secondary N) is 1. The van der Waals surface area contributed by atoms with Crippen molar-refractivity contribution in [3.8, 4) is 0 Å². The van der Waals surface area contributed by atoms with Crippen LogP contribution >= 0.6 is 24.0 Å². The Morgan fingerprint density at radius 2 is 2.10 bits per heavy atom. The van der Waals surface area contributed by atoms with Crippen LogP contribution in [-0.2, 0) is 14.6 Å². The third kappa shape index (κ3) is 5.90. The van der Waals surface area contributed by atoms with E-state index in [4.69, 9.17) is 4.74 Å². The summed E-state index contributed by atoms with van der Waals surface area (Å²) >= 11 is 0. The zero-order chi connectivity index (χ0) is 15.2. The summed E-state index contributed by atoms with van der Waals surface area (Å²) in [7, 11) is -1.34. The smallest absolute Gasteiger partial charge is 0.193 e. The molecule has 0 aromatic rings. The maximum atomic E-state index is 12.0. The Morgan fingerprint density at radius 1 is 1.43 bits per heavy atom. The second-order valence-corrected chi connectivity index (χ2v) is 8.33. The highest BCUT2D eigenvalue weighted by molar-refractivity contribution is 14.0. The molecule has 0 bridgehead atoms. The van der Waals surface area contributed by atoms with Crippen LogP contribution in [0.3, 0.4) is 0 Å². The van der Waals surface area contributed by atoms with Crippen molar-refractivity contribution in [1.29, 1.82) is 0 Å². The van der Waals surface area contributed by atoms with E-state index in [9.17, 15) is 8.42 Å². The summed E-state index contributed by atoms with van der Waals surface area (Å²) in [6.45, 7) is 8.69. The zero-order valence-electron chi connectivity index (χ0n) is 13.4. The van der Waals surface area contributed by atoms with Gasteiger partial charge in [0.2, 0.25) is 0 Å². The van der Waals surface area contributed by atoms with E-state index in [2.05, 4.69) is 10.3 Å². The molecule has 21 heavy (non-hydrogen) atoms. The van der Waals surface area contributed by atoms with Gasteiger partial charge in [-0.05, 0) is 27.2 Å². The number of nitrogens with zero attached hydrogens (tertiary/aromatic N) is 2. The predicted octanol–water partition coefficient (Wildman–Crippen LogP) is 1.12. The van der Waals surface area contributed by atoms with Crippen molar-refractivity contribution in [3.63, 3.8) is 0 Å². The third-order valence-corrected chi connectivity index (χ3v) is 5.98. The Morgan fingerprint density at radius 3 is 2.62 bits per heavy atom. The van der Waals surface area contributed by atoms with Gasteiger partial charge in [0.15, 0.2) is 15.8 Å². The molecule has 0 amide bonds. The Hall–Kier alpha value is -0.0900. The standard InChI is InChI=1S/C13H27N3O3S.HI/c1-5-14-12(15-7-6-9-19-4)16-8-10-20(17,18)13(2,3)11-16;/h5-11H2,1-4H3,(H,14,15);1H. The molecule has 0 spiro atoms. The van der Waals surface area contributed by atoms with Crippen molar-refractivity contribution >= 4 is 39.8 Å². The van der Waals surface area contributed by atoms with Gasteiger partial charge in [0.25, 0.3) is 0 Å². The third-order valence-electron chi connectivity index (χ3n) is 3.45. The lowest BCUT2D eigenvalue weighted by atomic mass is 10.2. The molecular formula is C13H28IN3O3S. The first kappa shape index (κ1) is 20.9. The Labute approximate surface area is 145 Å². The normalized spacial score (nSPS) is 20.8. The quantitative estimate of drug-likeness (QED) is 0.305. The highest BCUT2D eigenvalue weighted by Gasteiger charge is 2.40. The molecule has 1 aliphatic rings. The average Bonchev–Trinajstić information content (AvgIpc) is 2.37. The molecule has 6 nitrogen and oxygen atoms in total. The topological polar surface area (TPSA) is 71.0 Å². The van der Waals surface area contributed by atoms with Crippen molar-refractivity contribution in [1.82, 2.24) is 10.2 Å². The van der Waals surface area contributed by atoms with Gasteiger partial charge in [-0.25, -0.2) is 8.42 Å². The number of ether oxygens (including phenoxy) is 1. The van der Waals surface area contributed by atoms with Gasteiger partial charge in [0.05, 0.1) is 10.5 Å². The summed E-state index contributed by atoms with van der Waals surface area (Å²) in [6.07, 6.45) is 0.862. The fourth-order valence-electron chi connectivity index (χ4n) is 2.14. The van der Waals surface area contributed by atoms with Crippen LogP contribution in [0, 0.1) is 0 Å². The number of halogens is 1. The lowest BCUT2D eigenvalue weighted by molar-refractivity contribution is 0.197. The molecule has 1 N–H and O–H groups in total. The van der Waals surface area contributed by atoms with Crippen LogP contribution in [0.1, 0.15) is 27.2 Å². The van der Waals surface area contributed by atoms with E-state index in [0.717, 1.165) is 18.9 Å². The number of hydrogen-bond acceptors (Lipinski definition) is 4. The molecule has 0 atom stereocenters. The maximum Gasteiger partial charge on any atom is 0.193 e. The summed E-state index contributed by atoms with van der Waals surface area (Å²) in [5.74, 6) is 0.981. The first-order chi connectivity index (χ1) is 9.34. The molecule has 0 radical (unpaired) electrons. The van der Waals surface area contributed by atoms with E-state index < -0.39 is 14.6 Å². The van der Waals surface area contributed by atoms with Crippen LogP contribution in [0.15, 0.2) is 4.99 Å². The summed E-state index contributed by atoms with van der Waals surface area (Å²) < 4.78 is 28.3. The van der Waals surface area contributed by atoms with E-state index in [0.29, 0.717) is 26.2 Å². The minimum atomic E-state index is -3.02. The molecule has 0 saturated carbocycles. The second kappa shape index (κ2) is 9.14. The number of methoxy groups -OCH3 is 1. The molecule has 0 unspecified atom stereocenters. The Balaban J connectivity index is 0.00000400. The fraction of sp³-hybridized carbons (Fsp3) is 0.923. The summed E-state index contributed by atoms with van der Waals surface area (Å²) in [5, 5.41) is 3.23. The van der Waals surface area contributed by atoms with Gasteiger partial charge >= 0.3 is 0 Å². The summed E-state index contributed by atoms with van der Waals surface area (Å²) in [4.78, 5) is 6.58. The lowest BCUT2D eigenvalue weighted by Gasteiger charge is -2.39. The van der Waals surface area contributed by atoms with Gasteiger partial charge in [0.1, 0.15) is 0 Å². The minimum Gasteiger partial charge on any atom is -0.385 e. The first-order valence-electron chi connectivity index (χ1n) is 7.08. The van der Waals surface area contributed by atoms with Gasteiger partial charge < -0.3 is 15.0 Å². The van der Waals surface area contributed by atoms with Crippen LogP contribution in [0.25, 0.3) is 0 Å². The van der Waals surface area contributed by atoms with E-state index >= 15 is 0 Å². The molecule has 1 saturated heterocycles. The fourth-order valence-corrected chi connectivity index (χ4v) is 3.51. The van der Waals surface area contributed by atoms with Crippen molar-refractivity contribution in [2.45, 2.75) is 31.9 Å². The number of sulfone groups is 1. The predicted molar refractivity (Wildman–Crippen MR) is 97.3 cm³/mol. The van der Waals surface area contributed by atoms with E-state index in [1.807, 2.05) is 11.8 Å². The van der Waals surface area contributed by atoms with Crippen LogP contribution < -0.4 is 5.32 Å². The summed E-state index contributed by atoms with van der Waals surface area (Å²) in [5.41, 5.74) is 0. The van der Waals surface area contributed by atoms with Crippen LogP contribution in [0.2, 0.25) is 0 Å². The lowest BCUT2D eigenvalue weighted by Crippen LogP contribution is -2.57. The SMILES string of the molecule is CCNC(=NCCCOC)N1CCS(=O)(=O)C(C)(C)C1.I. The van der Waals surface area contributed by atoms with Gasteiger partial charge in [0, 0.05) is 39.9 Å². The van der Waals surface area contributed by atoms with Crippen molar-refractivity contribution in [2.75, 3.05) is 45.6 Å². The number of guanidine groups is 1. The molecular weight excluding hydrogens is 405 g/mol. The highest BCUT2D eigenvalue weighted by Crippen LogP contribution is 2.23.